The Morgan fingerprint density at radius 3 is 1.51 bits per heavy atom. The summed E-state index contributed by atoms with van der Waals surface area (Å²) in [7, 11) is -15.0. The van der Waals surface area contributed by atoms with E-state index < -0.39 is 72.8 Å². The lowest BCUT2D eigenvalue weighted by Gasteiger charge is -2.47. The summed E-state index contributed by atoms with van der Waals surface area (Å²) in [5.74, 6) is 1.50. The molecule has 0 spiro atoms. The maximum atomic E-state index is 6.86. The summed E-state index contributed by atoms with van der Waals surface area (Å²) in [6.07, 6.45) is 12.2. The molecule has 0 aromatic heterocycles. The van der Waals surface area contributed by atoms with Crippen LogP contribution in [0.1, 0.15) is 85.0 Å². The molecule has 4 aliphatic rings. The van der Waals surface area contributed by atoms with Crippen LogP contribution >= 0.6 is 0 Å². The van der Waals surface area contributed by atoms with Crippen molar-refractivity contribution >= 4 is 72.8 Å². The summed E-state index contributed by atoms with van der Waals surface area (Å²) in [5, 5.41) is 0. The van der Waals surface area contributed by atoms with E-state index in [-0.39, 0.29) is 11.8 Å². The average molecular weight is 802 g/mol. The van der Waals surface area contributed by atoms with E-state index in [1.807, 2.05) is 0 Å². The van der Waals surface area contributed by atoms with Crippen LogP contribution in [0, 0.1) is 17.3 Å². The predicted molar refractivity (Wildman–Crippen MR) is 206 cm³/mol. The van der Waals surface area contributed by atoms with Gasteiger partial charge in [-0.15, -0.1) is 0 Å². The summed E-state index contributed by atoms with van der Waals surface area (Å²) in [6, 6.07) is 0.949. The number of rotatable bonds is 11. The fraction of sp³-hybridized carbons (Fsp3) is 1.00. The quantitative estimate of drug-likeness (QED) is 0.203. The van der Waals surface area contributed by atoms with Crippen LogP contribution in [0.2, 0.25) is 58.4 Å². The van der Waals surface area contributed by atoms with E-state index in [4.69, 9.17) is 42.4 Å². The lowest BCUT2D eigenvalue weighted by molar-refractivity contribution is -0.0493. The van der Waals surface area contributed by atoms with Crippen molar-refractivity contribution in [2.24, 2.45) is 17.3 Å². The summed E-state index contributed by atoms with van der Waals surface area (Å²) in [5.41, 5.74) is 0.355. The van der Waals surface area contributed by atoms with Crippen LogP contribution in [-0.4, -0.2) is 97.4 Å². The summed E-state index contributed by atoms with van der Waals surface area (Å²) < 4.78 is 64.0. The molecule has 0 radical (unpaired) electrons. The minimum atomic E-state index is -2.57. The molecule has 5 unspecified atom stereocenters. The van der Waals surface area contributed by atoms with Crippen molar-refractivity contribution < 1.29 is 42.4 Å². The molecule has 2 saturated heterocycles. The number of hydrogen-bond acceptors (Lipinski definition) is 10. The first-order chi connectivity index (χ1) is 22.1. The van der Waals surface area contributed by atoms with Crippen molar-refractivity contribution in [1.82, 2.24) is 0 Å². The van der Waals surface area contributed by atoms with Crippen LogP contribution in [0.3, 0.4) is 0 Å². The third-order valence-electron chi connectivity index (χ3n) is 11.1. The molecule has 0 amide bonds. The van der Waals surface area contributed by atoms with Gasteiger partial charge in [-0.25, -0.2) is 0 Å². The van der Waals surface area contributed by atoms with Crippen molar-refractivity contribution in [3.63, 3.8) is 0 Å². The Morgan fingerprint density at radius 2 is 1.06 bits per heavy atom. The molecule has 276 valence electrons. The largest absolute Gasteiger partial charge is 0.420 e. The van der Waals surface area contributed by atoms with Gasteiger partial charge in [0.25, 0.3) is 55.7 Å². The molecule has 2 heterocycles. The maximum absolute atomic E-state index is 6.86. The van der Waals surface area contributed by atoms with Crippen LogP contribution in [0.15, 0.2) is 0 Å². The highest BCUT2D eigenvalue weighted by molar-refractivity contribution is 6.82. The molecule has 2 aliphatic carbocycles. The van der Waals surface area contributed by atoms with Crippen LogP contribution in [0.5, 0.6) is 0 Å². The minimum absolute atomic E-state index is 0.0191. The van der Waals surface area contributed by atoms with Gasteiger partial charge in [0.2, 0.25) is 0 Å². The first-order valence-corrected chi connectivity index (χ1v) is 36.2. The van der Waals surface area contributed by atoms with E-state index in [0.29, 0.717) is 11.5 Å². The molecule has 0 bridgehead atoms. The lowest BCUT2D eigenvalue weighted by Crippen LogP contribution is -2.60. The molecule has 18 heteroatoms. The topological polar surface area (TPSA) is 92.3 Å². The Morgan fingerprint density at radius 1 is 0.638 bits per heavy atom. The fourth-order valence-corrected chi connectivity index (χ4v) is 38.3. The van der Waals surface area contributed by atoms with Crippen LogP contribution in [0.25, 0.3) is 0 Å². The molecule has 0 aromatic carbocycles. The molecule has 4 fully saturated rings. The zero-order chi connectivity index (χ0) is 34.4. The zero-order valence-electron chi connectivity index (χ0n) is 31.4. The van der Waals surface area contributed by atoms with Crippen LogP contribution in [-0.2, 0) is 42.4 Å². The van der Waals surface area contributed by atoms with Crippen LogP contribution < -0.4 is 0 Å². The van der Waals surface area contributed by atoms with E-state index >= 15 is 0 Å². The standard InChI is InChI=1S/C29H68O10Si8/c1-12-28(47(11)38-44(8)34-41(5)35-45(9)39-47)31-27-20-16-25(17-21-27)29(2,3)24-14-18-26(19-15-24)30-22-13-23-46(10)36-42(6)32-40(4)33-43(7)37-46/h24-28,40-45H,12-23H2,1-11H3. The van der Waals surface area contributed by atoms with Crippen LogP contribution in [0.4, 0.5) is 0 Å². The third-order valence-corrected chi connectivity index (χ3v) is 39.3. The van der Waals surface area contributed by atoms with E-state index in [0.717, 1.165) is 50.2 Å². The second-order valence-electron chi connectivity index (χ2n) is 15.3. The molecule has 0 aromatic rings. The van der Waals surface area contributed by atoms with Gasteiger partial charge < -0.3 is 42.4 Å². The highest BCUT2D eigenvalue weighted by Gasteiger charge is 2.48. The number of hydrogen-bond donors (Lipinski definition) is 0. The van der Waals surface area contributed by atoms with E-state index in [9.17, 15) is 0 Å². The zero-order valence-corrected chi connectivity index (χ0v) is 40.3. The molecule has 2 aliphatic heterocycles. The predicted octanol–water partition coefficient (Wildman–Crippen LogP) is 5.28. The SMILES string of the molecule is CCC(OC1CCC(C(C)(C)C2CCC(OCCC[Si]3(C)O[SiH](C)O[SiH](C)O[SiH](C)O3)CC2)CC1)[Si]1(C)O[SiH](C)O[SiH](C)O[SiH](C)O1. The van der Waals surface area contributed by atoms with Crippen molar-refractivity contribution in [3.05, 3.63) is 0 Å². The van der Waals surface area contributed by atoms with E-state index in [1.54, 1.807) is 0 Å². The first kappa shape index (κ1) is 41.1. The van der Waals surface area contributed by atoms with Gasteiger partial charge in [-0.2, -0.15) is 0 Å². The fourth-order valence-electron chi connectivity index (χ4n) is 8.66. The van der Waals surface area contributed by atoms with E-state index in [2.05, 4.69) is 73.1 Å². The Bertz CT molecular complexity index is 915. The normalized spacial score (nSPS) is 43.7. The van der Waals surface area contributed by atoms with Crippen molar-refractivity contribution in [1.29, 1.82) is 0 Å². The molecular formula is C29H68O10Si8. The average Bonchev–Trinajstić information content (AvgIpc) is 2.96. The Balaban J connectivity index is 1.18. The Hall–Kier alpha value is 1.34. The lowest BCUT2D eigenvalue weighted by atomic mass is 9.60. The number of ether oxygens (including phenoxy) is 2. The first-order valence-electron chi connectivity index (χ1n) is 18.7. The van der Waals surface area contributed by atoms with Gasteiger partial charge in [-0.3, -0.25) is 0 Å². The van der Waals surface area contributed by atoms with Gasteiger partial charge in [0.15, 0.2) is 0 Å². The minimum Gasteiger partial charge on any atom is -0.420 e. The maximum Gasteiger partial charge on any atom is 0.346 e. The molecule has 4 rings (SSSR count). The van der Waals surface area contributed by atoms with Crippen molar-refractivity contribution in [2.45, 2.75) is 161 Å². The summed E-state index contributed by atoms with van der Waals surface area (Å²) in [6.45, 7) is 25.1. The third kappa shape index (κ3) is 12.2. The molecule has 10 nitrogen and oxygen atoms in total. The van der Waals surface area contributed by atoms with Gasteiger partial charge in [0.05, 0.1) is 17.9 Å². The molecular weight excluding hydrogens is 733 g/mol. The smallest absolute Gasteiger partial charge is 0.346 e. The van der Waals surface area contributed by atoms with E-state index in [1.165, 1.54) is 38.5 Å². The van der Waals surface area contributed by atoms with Gasteiger partial charge in [-0.1, -0.05) is 20.8 Å². The molecule has 0 N–H and O–H groups in total. The second-order valence-corrected chi connectivity index (χ2v) is 35.7. The van der Waals surface area contributed by atoms with Crippen molar-refractivity contribution in [3.8, 4) is 0 Å². The molecule has 47 heavy (non-hydrogen) atoms. The van der Waals surface area contributed by atoms with Crippen molar-refractivity contribution in [2.75, 3.05) is 6.61 Å². The highest BCUT2D eigenvalue weighted by Crippen LogP contribution is 2.49. The Labute approximate surface area is 299 Å². The second kappa shape index (κ2) is 18.4. The van der Waals surface area contributed by atoms with Gasteiger partial charge >= 0.3 is 17.1 Å². The monoisotopic (exact) mass is 800 g/mol. The van der Waals surface area contributed by atoms with Gasteiger partial charge in [0, 0.05) is 6.61 Å². The van der Waals surface area contributed by atoms with Gasteiger partial charge in [0.1, 0.15) is 0 Å². The Kier molecular flexibility index (Phi) is 16.1. The van der Waals surface area contributed by atoms with Gasteiger partial charge in [-0.05, 0) is 140 Å². The highest BCUT2D eigenvalue weighted by atomic mass is 28.5. The molecule has 5 atom stereocenters. The molecule has 2 saturated carbocycles. The summed E-state index contributed by atoms with van der Waals surface area (Å²) >= 11 is 0. The summed E-state index contributed by atoms with van der Waals surface area (Å²) in [4.78, 5) is 0.